The van der Waals surface area contributed by atoms with E-state index in [1.165, 1.54) is 6.20 Å². The molecule has 4 nitrogen and oxygen atoms in total. The van der Waals surface area contributed by atoms with Gasteiger partial charge in [-0.3, -0.25) is 4.68 Å². The van der Waals surface area contributed by atoms with Gasteiger partial charge in [-0.2, -0.15) is 5.10 Å². The number of aromatic hydroxyl groups is 1. The molecule has 90 valence electrons. The van der Waals surface area contributed by atoms with E-state index in [1.54, 1.807) is 0 Å². The van der Waals surface area contributed by atoms with Crippen LogP contribution in [0.5, 0.6) is 5.75 Å². The zero-order valence-electron chi connectivity index (χ0n) is 10.2. The molecule has 2 heterocycles. The highest BCUT2D eigenvalue weighted by Crippen LogP contribution is 2.35. The fraction of sp³-hybridized carbons (Fsp3) is 0.750. The number of hydrogen-bond donors (Lipinski definition) is 1. The van der Waals surface area contributed by atoms with E-state index >= 15 is 0 Å². The monoisotopic (exact) mass is 224 g/mol. The van der Waals surface area contributed by atoms with Crippen LogP contribution in [0.4, 0.5) is 0 Å². The van der Waals surface area contributed by atoms with Crippen LogP contribution in [0.2, 0.25) is 0 Å². The van der Waals surface area contributed by atoms with Gasteiger partial charge in [0.15, 0.2) is 5.75 Å². The molecular weight excluding hydrogens is 204 g/mol. The molecule has 0 spiro atoms. The standard InChI is InChI=1S/C12H20N2O2/c1-12(2,3)14-11(9(15)8-13-14)10-6-4-5-7-16-10/h8,10,15H,4-7H2,1-3H3. The highest BCUT2D eigenvalue weighted by atomic mass is 16.5. The highest BCUT2D eigenvalue weighted by molar-refractivity contribution is 5.27. The van der Waals surface area contributed by atoms with Crippen LogP contribution in [0.15, 0.2) is 6.20 Å². The van der Waals surface area contributed by atoms with Crippen LogP contribution >= 0.6 is 0 Å². The second-order valence-electron chi connectivity index (χ2n) is 5.35. The second-order valence-corrected chi connectivity index (χ2v) is 5.35. The van der Waals surface area contributed by atoms with Gasteiger partial charge in [0.2, 0.25) is 0 Å². The lowest BCUT2D eigenvalue weighted by Crippen LogP contribution is -2.28. The molecule has 1 N–H and O–H groups in total. The minimum atomic E-state index is -0.128. The van der Waals surface area contributed by atoms with Crippen molar-refractivity contribution in [3.63, 3.8) is 0 Å². The summed E-state index contributed by atoms with van der Waals surface area (Å²) < 4.78 is 7.59. The Kier molecular flexibility index (Phi) is 2.93. The van der Waals surface area contributed by atoms with Crippen molar-refractivity contribution in [1.82, 2.24) is 9.78 Å². The van der Waals surface area contributed by atoms with Gasteiger partial charge < -0.3 is 9.84 Å². The lowest BCUT2D eigenvalue weighted by molar-refractivity contribution is 0.00564. The smallest absolute Gasteiger partial charge is 0.159 e. The van der Waals surface area contributed by atoms with Gasteiger partial charge in [0.1, 0.15) is 11.8 Å². The first-order valence-corrected chi connectivity index (χ1v) is 5.89. The third-order valence-electron chi connectivity index (χ3n) is 2.91. The Morgan fingerprint density at radius 3 is 2.75 bits per heavy atom. The van der Waals surface area contributed by atoms with Crippen molar-refractivity contribution in [3.8, 4) is 5.75 Å². The minimum Gasteiger partial charge on any atom is -0.504 e. The van der Waals surface area contributed by atoms with E-state index in [2.05, 4.69) is 25.9 Å². The van der Waals surface area contributed by atoms with E-state index in [0.29, 0.717) is 0 Å². The van der Waals surface area contributed by atoms with Crippen molar-refractivity contribution in [2.24, 2.45) is 0 Å². The number of rotatable bonds is 1. The van der Waals surface area contributed by atoms with Crippen LogP contribution < -0.4 is 0 Å². The van der Waals surface area contributed by atoms with Crippen molar-refractivity contribution < 1.29 is 9.84 Å². The first-order chi connectivity index (χ1) is 7.50. The Hall–Kier alpha value is -1.03. The van der Waals surface area contributed by atoms with Crippen LogP contribution in [0.25, 0.3) is 0 Å². The third kappa shape index (κ3) is 2.07. The van der Waals surface area contributed by atoms with Gasteiger partial charge >= 0.3 is 0 Å². The zero-order chi connectivity index (χ0) is 11.8. The zero-order valence-corrected chi connectivity index (χ0v) is 10.2. The molecule has 1 aliphatic heterocycles. The molecule has 4 heteroatoms. The number of ether oxygens (including phenoxy) is 1. The summed E-state index contributed by atoms with van der Waals surface area (Å²) in [4.78, 5) is 0. The maximum atomic E-state index is 9.88. The fourth-order valence-electron chi connectivity index (χ4n) is 2.14. The summed E-state index contributed by atoms with van der Waals surface area (Å²) in [5.41, 5.74) is 0.698. The predicted molar refractivity (Wildman–Crippen MR) is 61.4 cm³/mol. The summed E-state index contributed by atoms with van der Waals surface area (Å²) in [6.07, 6.45) is 4.74. The second kappa shape index (κ2) is 4.09. The summed E-state index contributed by atoms with van der Waals surface area (Å²) in [5.74, 6) is 0.252. The molecule has 0 aliphatic carbocycles. The van der Waals surface area contributed by atoms with Crippen LogP contribution in [-0.2, 0) is 10.3 Å². The molecule has 1 aliphatic rings. The molecule has 1 aromatic heterocycles. The Labute approximate surface area is 96.2 Å². The van der Waals surface area contributed by atoms with Crippen molar-refractivity contribution in [3.05, 3.63) is 11.9 Å². The maximum Gasteiger partial charge on any atom is 0.159 e. The number of nitrogens with zero attached hydrogens (tertiary/aromatic N) is 2. The molecule has 0 amide bonds. The van der Waals surface area contributed by atoms with Crippen LogP contribution in [0.1, 0.15) is 51.8 Å². The fourth-order valence-corrected chi connectivity index (χ4v) is 2.14. The molecule has 0 aromatic carbocycles. The molecule has 1 atom stereocenters. The van der Waals surface area contributed by atoms with E-state index in [1.807, 2.05) is 4.68 Å². The summed E-state index contributed by atoms with van der Waals surface area (Å²) in [5, 5.41) is 14.1. The lowest BCUT2D eigenvalue weighted by Gasteiger charge is -2.28. The van der Waals surface area contributed by atoms with Crippen molar-refractivity contribution in [1.29, 1.82) is 0 Å². The van der Waals surface area contributed by atoms with E-state index in [4.69, 9.17) is 4.74 Å². The molecule has 2 rings (SSSR count). The van der Waals surface area contributed by atoms with Gasteiger partial charge in [0, 0.05) is 6.61 Å². The van der Waals surface area contributed by atoms with Gasteiger partial charge in [-0.25, -0.2) is 0 Å². The summed E-state index contributed by atoms with van der Waals surface area (Å²) in [6.45, 7) is 7.00. The molecule has 1 unspecified atom stereocenters. The molecular formula is C12H20N2O2. The maximum absolute atomic E-state index is 9.88. The molecule has 0 radical (unpaired) electrons. The SMILES string of the molecule is CC(C)(C)n1ncc(O)c1C1CCCCO1. The summed E-state index contributed by atoms with van der Waals surface area (Å²) in [6, 6.07) is 0. The quantitative estimate of drug-likeness (QED) is 0.797. The molecule has 0 bridgehead atoms. The van der Waals surface area contributed by atoms with Gasteiger partial charge in [0.25, 0.3) is 0 Å². The van der Waals surface area contributed by atoms with Crippen LogP contribution in [0.3, 0.4) is 0 Å². The minimum absolute atomic E-state index is 0.00419. The van der Waals surface area contributed by atoms with Gasteiger partial charge in [-0.05, 0) is 40.0 Å². The van der Waals surface area contributed by atoms with E-state index in [0.717, 1.165) is 31.6 Å². The number of aromatic nitrogens is 2. The number of hydrogen-bond acceptors (Lipinski definition) is 3. The Balaban J connectivity index is 2.34. The molecule has 16 heavy (non-hydrogen) atoms. The predicted octanol–water partition coefficient (Wildman–Crippen LogP) is 2.59. The molecule has 1 saturated heterocycles. The highest BCUT2D eigenvalue weighted by Gasteiger charge is 2.28. The normalized spacial score (nSPS) is 22.3. The van der Waals surface area contributed by atoms with Crippen LogP contribution in [0, 0.1) is 0 Å². The van der Waals surface area contributed by atoms with Gasteiger partial charge in [0.05, 0.1) is 11.7 Å². The first kappa shape index (κ1) is 11.5. The Morgan fingerprint density at radius 1 is 1.44 bits per heavy atom. The van der Waals surface area contributed by atoms with Crippen molar-refractivity contribution >= 4 is 0 Å². The van der Waals surface area contributed by atoms with Crippen molar-refractivity contribution in [2.75, 3.05) is 6.61 Å². The topological polar surface area (TPSA) is 47.3 Å². The lowest BCUT2D eigenvalue weighted by atomic mass is 10.0. The Bertz CT molecular complexity index is 360. The largest absolute Gasteiger partial charge is 0.504 e. The van der Waals surface area contributed by atoms with Crippen LogP contribution in [-0.4, -0.2) is 21.5 Å². The molecule has 1 fully saturated rings. The average molecular weight is 224 g/mol. The first-order valence-electron chi connectivity index (χ1n) is 5.89. The summed E-state index contributed by atoms with van der Waals surface area (Å²) >= 11 is 0. The van der Waals surface area contributed by atoms with Gasteiger partial charge in [-0.15, -0.1) is 0 Å². The average Bonchev–Trinajstić information content (AvgIpc) is 2.61. The summed E-state index contributed by atoms with van der Waals surface area (Å²) in [7, 11) is 0. The van der Waals surface area contributed by atoms with E-state index in [-0.39, 0.29) is 17.4 Å². The van der Waals surface area contributed by atoms with Crippen molar-refractivity contribution in [2.45, 2.75) is 51.7 Å². The van der Waals surface area contributed by atoms with E-state index < -0.39 is 0 Å². The molecule has 0 saturated carbocycles. The molecule has 1 aromatic rings. The Morgan fingerprint density at radius 2 is 2.19 bits per heavy atom. The van der Waals surface area contributed by atoms with E-state index in [9.17, 15) is 5.11 Å². The third-order valence-corrected chi connectivity index (χ3v) is 2.91. The van der Waals surface area contributed by atoms with Gasteiger partial charge in [-0.1, -0.05) is 0 Å².